The molecule has 0 spiro atoms. The van der Waals surface area contributed by atoms with Crippen LogP contribution in [-0.4, -0.2) is 19.6 Å². The number of rotatable bonds is 6. The normalized spacial score (nSPS) is 17.0. The minimum absolute atomic E-state index is 0.137. The molecule has 0 unspecified atom stereocenters. The van der Waals surface area contributed by atoms with E-state index in [4.69, 9.17) is 17.0 Å². The van der Waals surface area contributed by atoms with Crippen LogP contribution < -0.4 is 15.0 Å². The zero-order chi connectivity index (χ0) is 25.2. The van der Waals surface area contributed by atoms with Gasteiger partial charge < -0.3 is 19.5 Å². The van der Waals surface area contributed by atoms with E-state index in [9.17, 15) is 0 Å². The van der Waals surface area contributed by atoms with E-state index in [1.807, 2.05) is 85.2 Å². The third-order valence-corrected chi connectivity index (χ3v) is 6.79. The minimum Gasteiger partial charge on any atom is -0.457 e. The molecule has 5 aromatic rings. The van der Waals surface area contributed by atoms with Crippen LogP contribution in [0.3, 0.4) is 0 Å². The third-order valence-electron chi connectivity index (χ3n) is 6.48. The average Bonchev–Trinajstić information content (AvgIpc) is 3.56. The van der Waals surface area contributed by atoms with Gasteiger partial charge in [-0.15, -0.1) is 0 Å². The second-order valence-electron chi connectivity index (χ2n) is 8.92. The SMILES string of the molecule is Cc1ccc(Oc2ccc(N3C(=S)N[C@@H](c4ccccn4)[C@@H]3c3cccn3-c3cccnc3)cc2)cc1. The number of thiocarbonyl (C=S) groups is 1. The van der Waals surface area contributed by atoms with Crippen molar-refractivity contribution in [1.29, 1.82) is 0 Å². The van der Waals surface area contributed by atoms with Crippen LogP contribution in [0.4, 0.5) is 5.69 Å². The van der Waals surface area contributed by atoms with Gasteiger partial charge in [0.2, 0.25) is 0 Å². The molecule has 2 atom stereocenters. The summed E-state index contributed by atoms with van der Waals surface area (Å²) < 4.78 is 8.21. The molecule has 1 aliphatic rings. The zero-order valence-corrected chi connectivity index (χ0v) is 21.0. The lowest BCUT2D eigenvalue weighted by atomic mass is 10.0. The molecule has 0 radical (unpaired) electrons. The quantitative estimate of drug-likeness (QED) is 0.265. The van der Waals surface area contributed by atoms with Gasteiger partial charge in [0.15, 0.2) is 5.11 Å². The van der Waals surface area contributed by atoms with E-state index < -0.39 is 0 Å². The van der Waals surface area contributed by atoms with Gasteiger partial charge >= 0.3 is 0 Å². The first-order chi connectivity index (χ1) is 18.2. The van der Waals surface area contributed by atoms with Gasteiger partial charge in [-0.25, -0.2) is 0 Å². The molecular formula is C30H25N5OS. The van der Waals surface area contributed by atoms with E-state index in [1.54, 1.807) is 6.20 Å². The predicted molar refractivity (Wildman–Crippen MR) is 149 cm³/mol. The highest BCUT2D eigenvalue weighted by molar-refractivity contribution is 7.80. The molecule has 1 N–H and O–H groups in total. The Labute approximate surface area is 221 Å². The van der Waals surface area contributed by atoms with Crippen LogP contribution in [0, 0.1) is 6.92 Å². The molecule has 1 fully saturated rings. The fourth-order valence-corrected chi connectivity index (χ4v) is 5.06. The zero-order valence-electron chi connectivity index (χ0n) is 20.2. The Hall–Kier alpha value is -4.49. The van der Waals surface area contributed by atoms with Crippen LogP contribution in [0.1, 0.15) is 29.0 Å². The number of anilines is 1. The summed E-state index contributed by atoms with van der Waals surface area (Å²) in [6, 6.07) is 29.9. The molecule has 3 aromatic heterocycles. The number of hydrogen-bond acceptors (Lipinski definition) is 4. The topological polar surface area (TPSA) is 55.2 Å². The highest BCUT2D eigenvalue weighted by Gasteiger charge is 2.42. The molecule has 0 bridgehead atoms. The Morgan fingerprint density at radius 1 is 0.811 bits per heavy atom. The van der Waals surface area contributed by atoms with Crippen LogP contribution in [0.5, 0.6) is 11.5 Å². The standard InChI is InChI=1S/C30H25N5OS/c1-21-9-13-24(14-10-21)36-25-15-11-22(12-16-25)35-29(28(33-30(35)37)26-7-2-3-18-32-26)27-8-5-19-34(27)23-6-4-17-31-20-23/h2-20,28-29H,1H3,(H,33,37)/t28-,29-/m0/s1. The summed E-state index contributed by atoms with van der Waals surface area (Å²) in [6.07, 6.45) is 7.51. The maximum atomic E-state index is 6.06. The Morgan fingerprint density at radius 2 is 1.59 bits per heavy atom. The first-order valence-corrected chi connectivity index (χ1v) is 12.5. The predicted octanol–water partition coefficient (Wildman–Crippen LogP) is 6.55. The monoisotopic (exact) mass is 503 g/mol. The molecule has 0 amide bonds. The highest BCUT2D eigenvalue weighted by Crippen LogP contribution is 2.42. The molecule has 182 valence electrons. The number of aromatic nitrogens is 3. The summed E-state index contributed by atoms with van der Waals surface area (Å²) in [5.41, 5.74) is 5.16. The molecule has 6 rings (SSSR count). The fraction of sp³-hybridized carbons (Fsp3) is 0.100. The fourth-order valence-electron chi connectivity index (χ4n) is 4.72. The molecule has 7 heteroatoms. The van der Waals surface area contributed by atoms with E-state index in [0.29, 0.717) is 5.11 Å². The molecule has 37 heavy (non-hydrogen) atoms. The Morgan fingerprint density at radius 3 is 2.30 bits per heavy atom. The number of aryl methyl sites for hydroxylation is 1. The summed E-state index contributed by atoms with van der Waals surface area (Å²) in [4.78, 5) is 11.1. The first kappa shape index (κ1) is 22.9. The summed E-state index contributed by atoms with van der Waals surface area (Å²) in [7, 11) is 0. The number of pyridine rings is 2. The van der Waals surface area contributed by atoms with Crippen molar-refractivity contribution in [3.05, 3.63) is 133 Å². The van der Waals surface area contributed by atoms with Crippen molar-refractivity contribution < 1.29 is 4.74 Å². The molecule has 0 saturated carbocycles. The van der Waals surface area contributed by atoms with Crippen LogP contribution in [0.25, 0.3) is 5.69 Å². The molecular weight excluding hydrogens is 478 g/mol. The van der Waals surface area contributed by atoms with Crippen molar-refractivity contribution in [2.45, 2.75) is 19.0 Å². The van der Waals surface area contributed by atoms with E-state index in [2.05, 4.69) is 56.1 Å². The van der Waals surface area contributed by atoms with Gasteiger partial charge in [-0.05, 0) is 91.9 Å². The maximum Gasteiger partial charge on any atom is 0.174 e. The smallest absolute Gasteiger partial charge is 0.174 e. The Balaban J connectivity index is 1.38. The maximum absolute atomic E-state index is 6.06. The molecule has 1 saturated heterocycles. The number of ether oxygens (including phenoxy) is 1. The van der Waals surface area contributed by atoms with Crippen LogP contribution in [-0.2, 0) is 0 Å². The van der Waals surface area contributed by atoms with Gasteiger partial charge in [0.1, 0.15) is 17.5 Å². The Kier molecular flexibility index (Phi) is 6.12. The second kappa shape index (κ2) is 9.87. The van der Waals surface area contributed by atoms with E-state index >= 15 is 0 Å². The van der Waals surface area contributed by atoms with Crippen molar-refractivity contribution in [1.82, 2.24) is 19.9 Å². The lowest BCUT2D eigenvalue weighted by Crippen LogP contribution is -2.30. The van der Waals surface area contributed by atoms with Crippen molar-refractivity contribution >= 4 is 23.0 Å². The van der Waals surface area contributed by atoms with Crippen molar-refractivity contribution in [3.63, 3.8) is 0 Å². The summed E-state index contributed by atoms with van der Waals surface area (Å²) >= 11 is 5.89. The third kappa shape index (κ3) is 4.57. The van der Waals surface area contributed by atoms with Gasteiger partial charge in [0.05, 0.1) is 23.6 Å². The van der Waals surface area contributed by atoms with E-state index in [-0.39, 0.29) is 12.1 Å². The number of hydrogen-bond donors (Lipinski definition) is 1. The number of nitrogens with zero attached hydrogens (tertiary/aromatic N) is 4. The van der Waals surface area contributed by atoms with Crippen molar-refractivity contribution in [3.8, 4) is 17.2 Å². The van der Waals surface area contributed by atoms with Gasteiger partial charge in [0.25, 0.3) is 0 Å². The largest absolute Gasteiger partial charge is 0.457 e. The highest BCUT2D eigenvalue weighted by atomic mass is 32.1. The van der Waals surface area contributed by atoms with Crippen LogP contribution >= 0.6 is 12.2 Å². The molecule has 1 aliphatic heterocycles. The van der Waals surface area contributed by atoms with Gasteiger partial charge in [-0.2, -0.15) is 0 Å². The lowest BCUT2D eigenvalue weighted by Gasteiger charge is -2.29. The van der Waals surface area contributed by atoms with Gasteiger partial charge in [-0.1, -0.05) is 23.8 Å². The van der Waals surface area contributed by atoms with Crippen molar-refractivity contribution in [2.75, 3.05) is 4.90 Å². The van der Waals surface area contributed by atoms with Gasteiger partial charge in [0, 0.05) is 30.0 Å². The number of benzene rings is 2. The second-order valence-corrected chi connectivity index (χ2v) is 9.31. The van der Waals surface area contributed by atoms with Gasteiger partial charge in [-0.3, -0.25) is 9.97 Å². The lowest BCUT2D eigenvalue weighted by molar-refractivity contribution is 0.482. The minimum atomic E-state index is -0.138. The van der Waals surface area contributed by atoms with E-state index in [0.717, 1.165) is 34.3 Å². The average molecular weight is 504 g/mol. The summed E-state index contributed by atoms with van der Waals surface area (Å²) in [5.74, 6) is 1.57. The van der Waals surface area contributed by atoms with Crippen molar-refractivity contribution in [2.24, 2.45) is 0 Å². The molecule has 0 aliphatic carbocycles. The molecule has 4 heterocycles. The van der Waals surface area contributed by atoms with Crippen LogP contribution in [0.15, 0.2) is 116 Å². The summed E-state index contributed by atoms with van der Waals surface area (Å²) in [6.45, 7) is 2.06. The molecule has 2 aromatic carbocycles. The van der Waals surface area contributed by atoms with E-state index in [1.165, 1.54) is 5.56 Å². The first-order valence-electron chi connectivity index (χ1n) is 12.1. The van der Waals surface area contributed by atoms with Crippen LogP contribution in [0.2, 0.25) is 0 Å². The number of nitrogens with one attached hydrogen (secondary N) is 1. The summed E-state index contributed by atoms with van der Waals surface area (Å²) in [5, 5.41) is 4.18. The Bertz CT molecular complexity index is 1500. The molecule has 6 nitrogen and oxygen atoms in total.